The fraction of sp³-hybridized carbons (Fsp3) is 0.600. The highest BCUT2D eigenvalue weighted by Gasteiger charge is 2.29. The third kappa shape index (κ3) is 4.12. The van der Waals surface area contributed by atoms with Crippen molar-refractivity contribution in [3.63, 3.8) is 0 Å². The Hall–Kier alpha value is -0.220. The summed E-state index contributed by atoms with van der Waals surface area (Å²) in [6, 6.07) is 3.83. The summed E-state index contributed by atoms with van der Waals surface area (Å²) in [5.74, 6) is 0.759. The highest BCUT2D eigenvalue weighted by Crippen LogP contribution is 2.40. The molecule has 0 aromatic heterocycles. The predicted octanol–water partition coefficient (Wildman–Crippen LogP) is 5.33. The average Bonchev–Trinajstić information content (AvgIpc) is 2.64. The molecule has 0 amide bonds. The third-order valence-corrected chi connectivity index (χ3v) is 6.00. The van der Waals surface area contributed by atoms with Gasteiger partial charge in [0.1, 0.15) is 11.6 Å². The van der Waals surface area contributed by atoms with Crippen LogP contribution in [0.4, 0.5) is 8.78 Å². The topological polar surface area (TPSA) is 0 Å². The molecule has 4 heteroatoms. The maximum absolute atomic E-state index is 13.6. The van der Waals surface area contributed by atoms with Crippen LogP contribution in [0, 0.1) is 17.0 Å². The average molecular weight is 302 g/mol. The van der Waals surface area contributed by atoms with Crippen LogP contribution in [0.25, 0.3) is 0 Å². The quantitative estimate of drug-likeness (QED) is 0.446. The van der Waals surface area contributed by atoms with Crippen molar-refractivity contribution in [1.82, 2.24) is 0 Å². The van der Waals surface area contributed by atoms with Gasteiger partial charge >= 0.3 is 0 Å². The van der Waals surface area contributed by atoms with Gasteiger partial charge in [0.2, 0.25) is 0 Å². The van der Waals surface area contributed by atoms with Gasteiger partial charge in [-0.25, -0.2) is 8.78 Å². The van der Waals surface area contributed by atoms with Crippen molar-refractivity contribution in [2.75, 3.05) is 11.5 Å². The minimum Gasteiger partial charge on any atom is -0.207 e. The molecule has 0 N–H and O–H groups in total. The van der Waals surface area contributed by atoms with Crippen LogP contribution in [-0.2, 0) is 0 Å². The van der Waals surface area contributed by atoms with Crippen molar-refractivity contribution in [3.8, 4) is 0 Å². The minimum atomic E-state index is -0.514. The van der Waals surface area contributed by atoms with E-state index in [9.17, 15) is 8.78 Å². The molecule has 1 aliphatic carbocycles. The molecule has 0 saturated heterocycles. The zero-order chi connectivity index (χ0) is 13.7. The largest absolute Gasteiger partial charge is 0.207 e. The van der Waals surface area contributed by atoms with E-state index >= 15 is 0 Å². The third-order valence-electron chi connectivity index (χ3n) is 3.93. The van der Waals surface area contributed by atoms with Gasteiger partial charge in [-0.15, -0.1) is 11.8 Å². The number of thiol groups is 1. The van der Waals surface area contributed by atoms with Crippen LogP contribution in [0.5, 0.6) is 0 Å². The molecule has 2 rings (SSSR count). The zero-order valence-electron chi connectivity index (χ0n) is 11.0. The molecule has 0 spiro atoms. The summed E-state index contributed by atoms with van der Waals surface area (Å²) in [6.07, 6.45) is 7.43. The van der Waals surface area contributed by atoms with Gasteiger partial charge in [-0.3, -0.25) is 0 Å². The number of hydrogen-bond donors (Lipinski definition) is 1. The second-order valence-corrected chi connectivity index (χ2v) is 6.77. The lowest BCUT2D eigenvalue weighted by atomic mass is 9.84. The highest BCUT2D eigenvalue weighted by atomic mass is 32.2. The molecule has 1 aromatic rings. The number of hydrogen-bond acceptors (Lipinski definition) is 2. The molecular formula is C15H20F2S2. The van der Waals surface area contributed by atoms with E-state index in [0.717, 1.165) is 17.6 Å². The number of halogens is 2. The Morgan fingerprint density at radius 3 is 2.37 bits per heavy atom. The van der Waals surface area contributed by atoms with E-state index in [4.69, 9.17) is 0 Å². The van der Waals surface area contributed by atoms with Crippen LogP contribution in [-0.4, -0.2) is 11.5 Å². The van der Waals surface area contributed by atoms with Gasteiger partial charge in [0.05, 0.1) is 0 Å². The summed E-state index contributed by atoms with van der Waals surface area (Å²) < 4.78 is 26.5. The van der Waals surface area contributed by atoms with Gasteiger partial charge in [-0.2, -0.15) is 12.6 Å². The van der Waals surface area contributed by atoms with Crippen molar-refractivity contribution in [1.29, 1.82) is 0 Å². The second kappa shape index (κ2) is 6.98. The first-order valence-electron chi connectivity index (χ1n) is 6.84. The fourth-order valence-corrected chi connectivity index (χ4v) is 4.44. The predicted molar refractivity (Wildman–Crippen MR) is 81.1 cm³/mol. The summed E-state index contributed by atoms with van der Waals surface area (Å²) in [5.41, 5.74) is 0.213. The van der Waals surface area contributed by atoms with E-state index in [2.05, 4.69) is 12.6 Å². The van der Waals surface area contributed by atoms with Gasteiger partial charge in [0.15, 0.2) is 0 Å². The monoisotopic (exact) mass is 302 g/mol. The standard InChI is InChI=1S/C15H20F2S2/c16-12-5-6-14(13(17)9-12)19-11-15(10-18)7-3-1-2-4-8-15/h5-6,9,18H,1-4,7-8,10-11H2. The smallest absolute Gasteiger partial charge is 0.139 e. The molecule has 0 unspecified atom stereocenters. The van der Waals surface area contributed by atoms with E-state index in [1.807, 2.05) is 0 Å². The first-order chi connectivity index (χ1) is 9.15. The Balaban J connectivity index is 2.02. The van der Waals surface area contributed by atoms with E-state index in [0.29, 0.717) is 4.90 Å². The molecule has 0 radical (unpaired) electrons. The lowest BCUT2D eigenvalue weighted by Crippen LogP contribution is -2.25. The molecule has 0 bridgehead atoms. The van der Waals surface area contributed by atoms with Crippen LogP contribution in [0.15, 0.2) is 23.1 Å². The molecule has 1 aliphatic rings. The van der Waals surface area contributed by atoms with Crippen molar-refractivity contribution < 1.29 is 8.78 Å². The molecule has 0 atom stereocenters. The number of thioether (sulfide) groups is 1. The molecule has 1 aromatic carbocycles. The SMILES string of the molecule is Fc1ccc(SCC2(CS)CCCCCC2)c(F)c1. The van der Waals surface area contributed by atoms with Crippen molar-refractivity contribution in [3.05, 3.63) is 29.8 Å². The number of rotatable bonds is 4. The lowest BCUT2D eigenvalue weighted by molar-refractivity contribution is 0.332. The molecular weight excluding hydrogens is 282 g/mol. The maximum atomic E-state index is 13.6. The first-order valence-corrected chi connectivity index (χ1v) is 8.46. The van der Waals surface area contributed by atoms with E-state index in [1.54, 1.807) is 0 Å². The molecule has 1 fully saturated rings. The summed E-state index contributed by atoms with van der Waals surface area (Å²) in [5, 5.41) is 0. The Morgan fingerprint density at radius 1 is 1.11 bits per heavy atom. The van der Waals surface area contributed by atoms with Crippen molar-refractivity contribution in [2.45, 2.75) is 43.4 Å². The Bertz CT molecular complexity index is 413. The first kappa shape index (κ1) is 15.2. The molecule has 19 heavy (non-hydrogen) atoms. The summed E-state index contributed by atoms with van der Waals surface area (Å²) in [7, 11) is 0. The molecule has 0 nitrogen and oxygen atoms in total. The normalized spacial score (nSPS) is 19.1. The number of benzene rings is 1. The van der Waals surface area contributed by atoms with Gasteiger partial charge in [-0.1, -0.05) is 25.7 Å². The Kier molecular flexibility index (Phi) is 5.58. The van der Waals surface area contributed by atoms with E-state index in [-0.39, 0.29) is 5.41 Å². The molecule has 0 aliphatic heterocycles. The van der Waals surface area contributed by atoms with Crippen LogP contribution in [0.3, 0.4) is 0 Å². The minimum absolute atomic E-state index is 0.213. The van der Waals surface area contributed by atoms with Crippen LogP contribution >= 0.6 is 24.4 Å². The molecule has 0 heterocycles. The summed E-state index contributed by atoms with van der Waals surface area (Å²) in [6.45, 7) is 0. The zero-order valence-corrected chi connectivity index (χ0v) is 12.7. The van der Waals surface area contributed by atoms with Gasteiger partial charge in [0.25, 0.3) is 0 Å². The van der Waals surface area contributed by atoms with Gasteiger partial charge < -0.3 is 0 Å². The molecule has 1 saturated carbocycles. The Labute approximate surface area is 123 Å². The summed E-state index contributed by atoms with van der Waals surface area (Å²) >= 11 is 6.02. The molecule has 106 valence electrons. The van der Waals surface area contributed by atoms with E-state index < -0.39 is 11.6 Å². The second-order valence-electron chi connectivity index (χ2n) is 5.44. The van der Waals surface area contributed by atoms with Crippen molar-refractivity contribution >= 4 is 24.4 Å². The fourth-order valence-electron chi connectivity index (χ4n) is 2.65. The van der Waals surface area contributed by atoms with Crippen LogP contribution in [0.2, 0.25) is 0 Å². The van der Waals surface area contributed by atoms with Crippen molar-refractivity contribution in [2.24, 2.45) is 5.41 Å². The highest BCUT2D eigenvalue weighted by molar-refractivity contribution is 7.99. The van der Waals surface area contributed by atoms with Gasteiger partial charge in [-0.05, 0) is 36.1 Å². The lowest BCUT2D eigenvalue weighted by Gasteiger charge is -2.30. The van der Waals surface area contributed by atoms with Crippen LogP contribution < -0.4 is 0 Å². The summed E-state index contributed by atoms with van der Waals surface area (Å²) in [4.78, 5) is 0.548. The Morgan fingerprint density at radius 2 is 1.79 bits per heavy atom. The van der Waals surface area contributed by atoms with Gasteiger partial charge in [0, 0.05) is 16.7 Å². The van der Waals surface area contributed by atoms with E-state index in [1.165, 1.54) is 62.4 Å². The maximum Gasteiger partial charge on any atom is 0.139 e. The van der Waals surface area contributed by atoms with Crippen LogP contribution in [0.1, 0.15) is 38.5 Å².